The molecule has 0 fully saturated rings. The average Bonchev–Trinajstić information content (AvgIpc) is 3.02. The molecule has 0 bridgehead atoms. The first kappa shape index (κ1) is 16.6. The molecule has 24 heavy (non-hydrogen) atoms. The van der Waals surface area contributed by atoms with E-state index < -0.39 is 12.2 Å². The molecule has 0 unspecified atom stereocenters. The number of nitrogens with one attached hydrogen (secondary N) is 1. The van der Waals surface area contributed by atoms with Gasteiger partial charge in [0.05, 0.1) is 0 Å². The number of alkyl halides is 3. The van der Waals surface area contributed by atoms with Gasteiger partial charge in [-0.15, -0.1) is 0 Å². The highest BCUT2D eigenvalue weighted by atomic mass is 19.4. The van der Waals surface area contributed by atoms with E-state index in [0.717, 1.165) is 5.56 Å². The molecule has 1 aliphatic heterocycles. The van der Waals surface area contributed by atoms with Crippen molar-refractivity contribution < 1.29 is 22.6 Å². The second-order valence-corrected chi connectivity index (χ2v) is 5.55. The largest absolute Gasteiger partial charge is 0.454 e. The smallest absolute Gasteiger partial charge is 0.404 e. The molecule has 0 radical (unpaired) electrons. The summed E-state index contributed by atoms with van der Waals surface area (Å²) in [5.74, 6) is 1.30. The number of halogens is 3. The van der Waals surface area contributed by atoms with Gasteiger partial charge in [0, 0.05) is 12.4 Å². The minimum atomic E-state index is -4.31. The van der Waals surface area contributed by atoms with E-state index in [1.165, 1.54) is 12.4 Å². The molecule has 3 rings (SSSR count). The molecule has 1 atom stereocenters. The molecule has 4 nitrogen and oxygen atoms in total. The Bertz CT molecular complexity index is 677. The second-order valence-electron chi connectivity index (χ2n) is 5.55. The Morgan fingerprint density at radius 2 is 1.79 bits per heavy atom. The fourth-order valence-electron chi connectivity index (χ4n) is 2.55. The Kier molecular flexibility index (Phi) is 4.89. The average molecular weight is 338 g/mol. The second kappa shape index (κ2) is 7.09. The van der Waals surface area contributed by atoms with Crippen LogP contribution in [0.4, 0.5) is 13.2 Å². The quantitative estimate of drug-likeness (QED) is 0.879. The van der Waals surface area contributed by atoms with Gasteiger partial charge < -0.3 is 14.8 Å². The van der Waals surface area contributed by atoms with Crippen molar-refractivity contribution in [3.63, 3.8) is 0 Å². The third kappa shape index (κ3) is 4.17. The van der Waals surface area contributed by atoms with Crippen molar-refractivity contribution >= 4 is 0 Å². The van der Waals surface area contributed by atoms with E-state index in [1.807, 2.05) is 6.07 Å². The lowest BCUT2D eigenvalue weighted by Crippen LogP contribution is -2.44. The lowest BCUT2D eigenvalue weighted by molar-refractivity contribution is -0.155. The summed E-state index contributed by atoms with van der Waals surface area (Å²) in [6.07, 6.45) is -0.963. The number of nitrogens with zero attached hydrogens (tertiary/aromatic N) is 1. The van der Waals surface area contributed by atoms with E-state index in [1.54, 1.807) is 24.3 Å². The highest BCUT2D eigenvalue weighted by Crippen LogP contribution is 2.32. The molecule has 1 aromatic carbocycles. The molecule has 0 spiro atoms. The van der Waals surface area contributed by atoms with Crippen LogP contribution < -0.4 is 14.8 Å². The summed E-state index contributed by atoms with van der Waals surface area (Å²) in [7, 11) is 0. The molecular formula is C17H17F3N2O2. The summed E-state index contributed by atoms with van der Waals surface area (Å²) in [5.41, 5.74) is 1.50. The minimum absolute atomic E-state index is 0.118. The topological polar surface area (TPSA) is 43.4 Å². The molecule has 1 aromatic heterocycles. The van der Waals surface area contributed by atoms with Crippen LogP contribution in [0.3, 0.4) is 0 Å². The fraction of sp³-hybridized carbons (Fsp3) is 0.353. The third-order valence-corrected chi connectivity index (χ3v) is 3.83. The van der Waals surface area contributed by atoms with Gasteiger partial charge in [-0.25, -0.2) is 0 Å². The van der Waals surface area contributed by atoms with Gasteiger partial charge in [0.1, 0.15) is 6.04 Å². The first-order chi connectivity index (χ1) is 11.5. The summed E-state index contributed by atoms with van der Waals surface area (Å²) < 4.78 is 50.1. The van der Waals surface area contributed by atoms with Crippen LogP contribution in [0.1, 0.15) is 11.1 Å². The van der Waals surface area contributed by atoms with Crippen molar-refractivity contribution in [2.24, 2.45) is 0 Å². The maximum absolute atomic E-state index is 13.2. The van der Waals surface area contributed by atoms with E-state index >= 15 is 0 Å². The molecule has 0 saturated carbocycles. The van der Waals surface area contributed by atoms with Crippen LogP contribution >= 0.6 is 0 Å². The maximum atomic E-state index is 13.2. The third-order valence-electron chi connectivity index (χ3n) is 3.83. The lowest BCUT2D eigenvalue weighted by atomic mass is 10.1. The molecule has 7 heteroatoms. The van der Waals surface area contributed by atoms with E-state index in [9.17, 15) is 13.2 Å². The van der Waals surface area contributed by atoms with Gasteiger partial charge in [0.15, 0.2) is 11.5 Å². The van der Waals surface area contributed by atoms with Gasteiger partial charge >= 0.3 is 6.18 Å². The Labute approximate surface area is 137 Å². The zero-order valence-electron chi connectivity index (χ0n) is 12.8. The maximum Gasteiger partial charge on any atom is 0.404 e. The van der Waals surface area contributed by atoms with Crippen molar-refractivity contribution in [1.29, 1.82) is 0 Å². The van der Waals surface area contributed by atoms with Gasteiger partial charge in [-0.05, 0) is 54.8 Å². The molecule has 0 saturated heterocycles. The van der Waals surface area contributed by atoms with E-state index in [4.69, 9.17) is 9.47 Å². The molecule has 2 heterocycles. The lowest BCUT2D eigenvalue weighted by Gasteiger charge is -2.22. The summed E-state index contributed by atoms with van der Waals surface area (Å²) in [6.45, 7) is 0.397. The summed E-state index contributed by atoms with van der Waals surface area (Å²) in [4.78, 5) is 3.82. The van der Waals surface area contributed by atoms with Crippen LogP contribution in [-0.2, 0) is 12.8 Å². The number of hydrogen-bond acceptors (Lipinski definition) is 4. The first-order valence-corrected chi connectivity index (χ1v) is 7.60. The standard InChI is InChI=1S/C17H17F3N2O2/c18-17(19,20)16(10-13-3-6-21-7-4-13)22-8-5-12-1-2-14-15(9-12)24-11-23-14/h1-4,6-7,9,16,22H,5,8,10-11H2/t16-/m1/s1. The van der Waals surface area contributed by atoms with Crippen LogP contribution in [0.2, 0.25) is 0 Å². The predicted octanol–water partition coefficient (Wildman–Crippen LogP) is 3.12. The SMILES string of the molecule is FC(F)(F)[C@@H](Cc1ccncc1)NCCc1ccc2c(c1)OCO2. The molecule has 2 aromatic rings. The van der Waals surface area contributed by atoms with Gasteiger partial charge in [0.25, 0.3) is 0 Å². The van der Waals surface area contributed by atoms with E-state index in [0.29, 0.717) is 23.5 Å². The highest BCUT2D eigenvalue weighted by molar-refractivity contribution is 5.44. The summed E-state index contributed by atoms with van der Waals surface area (Å²) in [6, 6.07) is 7.01. The van der Waals surface area contributed by atoms with Crippen molar-refractivity contribution in [2.75, 3.05) is 13.3 Å². The van der Waals surface area contributed by atoms with Crippen molar-refractivity contribution in [2.45, 2.75) is 25.1 Å². The number of fused-ring (bicyclic) bond motifs is 1. The van der Waals surface area contributed by atoms with Crippen LogP contribution in [0.25, 0.3) is 0 Å². The number of ether oxygens (including phenoxy) is 2. The van der Waals surface area contributed by atoms with Gasteiger partial charge in [-0.1, -0.05) is 6.07 Å². The van der Waals surface area contributed by atoms with Crippen molar-refractivity contribution in [1.82, 2.24) is 10.3 Å². The summed E-state index contributed by atoms with van der Waals surface area (Å²) in [5, 5.41) is 2.61. The Hall–Kier alpha value is -2.28. The van der Waals surface area contributed by atoms with Gasteiger partial charge in [-0.3, -0.25) is 4.98 Å². The van der Waals surface area contributed by atoms with Gasteiger partial charge in [-0.2, -0.15) is 13.2 Å². The Morgan fingerprint density at radius 1 is 1.04 bits per heavy atom. The molecule has 0 amide bonds. The number of pyridine rings is 1. The molecule has 1 N–H and O–H groups in total. The van der Waals surface area contributed by atoms with Crippen LogP contribution in [-0.4, -0.2) is 30.5 Å². The molecular weight excluding hydrogens is 321 g/mol. The van der Waals surface area contributed by atoms with Gasteiger partial charge in [0.2, 0.25) is 6.79 Å². The number of hydrogen-bond donors (Lipinski definition) is 1. The first-order valence-electron chi connectivity index (χ1n) is 7.60. The molecule has 128 valence electrons. The Morgan fingerprint density at radius 3 is 2.54 bits per heavy atom. The monoisotopic (exact) mass is 338 g/mol. The molecule has 1 aliphatic rings. The fourth-order valence-corrected chi connectivity index (χ4v) is 2.55. The number of benzene rings is 1. The zero-order chi connectivity index (χ0) is 17.0. The molecule has 0 aliphatic carbocycles. The number of aromatic nitrogens is 1. The van der Waals surface area contributed by atoms with Crippen LogP contribution in [0.5, 0.6) is 11.5 Å². The number of rotatable bonds is 6. The van der Waals surface area contributed by atoms with E-state index in [2.05, 4.69) is 10.3 Å². The van der Waals surface area contributed by atoms with E-state index in [-0.39, 0.29) is 19.8 Å². The minimum Gasteiger partial charge on any atom is -0.454 e. The van der Waals surface area contributed by atoms with Crippen LogP contribution in [0, 0.1) is 0 Å². The summed E-state index contributed by atoms with van der Waals surface area (Å²) >= 11 is 0. The van der Waals surface area contributed by atoms with Crippen molar-refractivity contribution in [3.05, 3.63) is 53.9 Å². The highest BCUT2D eigenvalue weighted by Gasteiger charge is 2.39. The van der Waals surface area contributed by atoms with Crippen molar-refractivity contribution in [3.8, 4) is 11.5 Å². The predicted molar refractivity (Wildman–Crippen MR) is 82.1 cm³/mol. The Balaban J connectivity index is 1.57. The zero-order valence-corrected chi connectivity index (χ0v) is 12.8. The normalized spacial score (nSPS) is 14.6. The van der Waals surface area contributed by atoms with Crippen LogP contribution in [0.15, 0.2) is 42.7 Å².